The van der Waals surface area contributed by atoms with E-state index >= 15 is 0 Å². The van der Waals surface area contributed by atoms with Gasteiger partial charge in [0.2, 0.25) is 0 Å². The van der Waals surface area contributed by atoms with Gasteiger partial charge < -0.3 is 10.1 Å². The Kier molecular flexibility index (Phi) is 6.41. The van der Waals surface area contributed by atoms with Crippen molar-refractivity contribution in [1.82, 2.24) is 4.98 Å². The zero-order valence-electron chi connectivity index (χ0n) is 16.2. The third-order valence-electron chi connectivity index (χ3n) is 4.54. The number of esters is 1. The highest BCUT2D eigenvalue weighted by atomic mass is 32.1. The fourth-order valence-electron chi connectivity index (χ4n) is 3.09. The first kappa shape index (κ1) is 20.0. The molecule has 3 rings (SSSR count). The van der Waals surface area contributed by atoms with Crippen LogP contribution >= 0.6 is 11.3 Å². The molecule has 1 unspecified atom stereocenters. The van der Waals surface area contributed by atoms with Crippen LogP contribution in [0.2, 0.25) is 0 Å². The minimum atomic E-state index is -0.284. The molecule has 28 heavy (non-hydrogen) atoms. The van der Waals surface area contributed by atoms with Crippen molar-refractivity contribution in [2.24, 2.45) is 0 Å². The number of aromatic nitrogens is 1. The summed E-state index contributed by atoms with van der Waals surface area (Å²) in [7, 11) is 1.79. The Morgan fingerprint density at radius 3 is 2.64 bits per heavy atom. The standard InChI is InChI=1S/C22H23FN2O2S/c1-4-27-20(26)13-19-21(25-22(24-3)28-19)14(2)16-10-11-17(18(23)12-16)15-8-6-5-7-9-15/h5-12,14H,4,13H2,1-3H3,(H,24,25). The molecule has 1 heterocycles. The minimum absolute atomic E-state index is 0.151. The van der Waals surface area contributed by atoms with Gasteiger partial charge in [0.05, 0.1) is 18.7 Å². The van der Waals surface area contributed by atoms with Gasteiger partial charge in [0.25, 0.3) is 0 Å². The molecule has 0 saturated heterocycles. The Morgan fingerprint density at radius 1 is 1.25 bits per heavy atom. The van der Waals surface area contributed by atoms with Crippen LogP contribution < -0.4 is 5.32 Å². The molecule has 2 aromatic carbocycles. The van der Waals surface area contributed by atoms with E-state index in [9.17, 15) is 9.18 Å². The second-order valence-electron chi connectivity index (χ2n) is 6.39. The second-order valence-corrected chi connectivity index (χ2v) is 7.47. The van der Waals surface area contributed by atoms with Gasteiger partial charge in [-0.3, -0.25) is 4.79 Å². The molecule has 0 spiro atoms. The lowest BCUT2D eigenvalue weighted by Gasteiger charge is -2.13. The molecule has 0 fully saturated rings. The van der Waals surface area contributed by atoms with E-state index in [1.165, 1.54) is 11.3 Å². The van der Waals surface area contributed by atoms with E-state index < -0.39 is 0 Å². The summed E-state index contributed by atoms with van der Waals surface area (Å²) in [5.74, 6) is -0.707. The molecule has 0 radical (unpaired) electrons. The van der Waals surface area contributed by atoms with Crippen molar-refractivity contribution in [2.75, 3.05) is 19.0 Å². The number of benzene rings is 2. The first-order valence-electron chi connectivity index (χ1n) is 9.21. The molecular formula is C22H23FN2O2S. The number of halogens is 1. The average molecular weight is 399 g/mol. The predicted molar refractivity (Wildman–Crippen MR) is 111 cm³/mol. The highest BCUT2D eigenvalue weighted by Gasteiger charge is 2.22. The fourth-order valence-corrected chi connectivity index (χ4v) is 4.09. The van der Waals surface area contributed by atoms with Crippen LogP contribution in [0.1, 0.15) is 35.9 Å². The number of carbonyl (C=O) groups excluding carboxylic acids is 1. The normalized spacial score (nSPS) is 11.9. The first-order valence-corrected chi connectivity index (χ1v) is 10.0. The largest absolute Gasteiger partial charge is 0.466 e. The molecule has 146 valence electrons. The molecule has 1 atom stereocenters. The summed E-state index contributed by atoms with van der Waals surface area (Å²) in [5.41, 5.74) is 3.00. The van der Waals surface area contributed by atoms with Gasteiger partial charge >= 0.3 is 5.97 Å². The van der Waals surface area contributed by atoms with Gasteiger partial charge in [-0.05, 0) is 24.1 Å². The van der Waals surface area contributed by atoms with Gasteiger partial charge in [0.1, 0.15) is 5.82 Å². The van der Waals surface area contributed by atoms with Crippen LogP contribution in [-0.2, 0) is 16.0 Å². The van der Waals surface area contributed by atoms with Crippen molar-refractivity contribution in [3.8, 4) is 11.1 Å². The third-order valence-corrected chi connectivity index (χ3v) is 5.63. The van der Waals surface area contributed by atoms with E-state index in [2.05, 4.69) is 10.3 Å². The highest BCUT2D eigenvalue weighted by molar-refractivity contribution is 7.15. The summed E-state index contributed by atoms with van der Waals surface area (Å²) in [6, 6.07) is 14.7. The fraction of sp³-hybridized carbons (Fsp3) is 0.273. The number of nitrogens with one attached hydrogen (secondary N) is 1. The summed E-state index contributed by atoms with van der Waals surface area (Å²) < 4.78 is 19.9. The SMILES string of the molecule is CCOC(=O)Cc1sc(NC)nc1C(C)c1ccc(-c2ccccc2)c(F)c1. The van der Waals surface area contributed by atoms with Crippen LogP contribution in [0.25, 0.3) is 11.1 Å². The van der Waals surface area contributed by atoms with E-state index in [1.807, 2.05) is 43.3 Å². The minimum Gasteiger partial charge on any atom is -0.466 e. The number of thiazole rings is 1. The molecule has 0 aliphatic rings. The second kappa shape index (κ2) is 8.97. The van der Waals surface area contributed by atoms with Crippen molar-refractivity contribution in [3.63, 3.8) is 0 Å². The van der Waals surface area contributed by atoms with Crippen molar-refractivity contribution < 1.29 is 13.9 Å². The zero-order valence-corrected chi connectivity index (χ0v) is 17.0. The van der Waals surface area contributed by atoms with Gasteiger partial charge in [-0.25, -0.2) is 9.37 Å². The summed E-state index contributed by atoms with van der Waals surface area (Å²) in [6.45, 7) is 4.10. The number of nitrogens with zero attached hydrogens (tertiary/aromatic N) is 1. The molecule has 0 aliphatic carbocycles. The van der Waals surface area contributed by atoms with Gasteiger partial charge in [0.15, 0.2) is 5.13 Å². The smallest absolute Gasteiger partial charge is 0.311 e. The Bertz CT molecular complexity index is 956. The molecular weight excluding hydrogens is 375 g/mol. The lowest BCUT2D eigenvalue weighted by Crippen LogP contribution is -2.09. The first-order chi connectivity index (χ1) is 13.5. The molecule has 1 N–H and O–H groups in total. The lowest BCUT2D eigenvalue weighted by molar-refractivity contribution is -0.142. The maximum absolute atomic E-state index is 14.8. The Labute approximate surface area is 168 Å². The van der Waals surface area contributed by atoms with Crippen LogP contribution in [0.4, 0.5) is 9.52 Å². The maximum Gasteiger partial charge on any atom is 0.311 e. The number of rotatable bonds is 7. The summed E-state index contributed by atoms with van der Waals surface area (Å²) >= 11 is 1.42. The molecule has 0 saturated carbocycles. The number of carbonyl (C=O) groups is 1. The molecule has 0 aliphatic heterocycles. The lowest BCUT2D eigenvalue weighted by atomic mass is 9.94. The molecule has 3 aromatic rings. The Morgan fingerprint density at radius 2 is 2.00 bits per heavy atom. The van der Waals surface area contributed by atoms with Crippen molar-refractivity contribution in [2.45, 2.75) is 26.2 Å². The number of ether oxygens (including phenoxy) is 1. The average Bonchev–Trinajstić information content (AvgIpc) is 3.11. The van der Waals surface area contributed by atoms with Gasteiger partial charge in [-0.15, -0.1) is 11.3 Å². The van der Waals surface area contributed by atoms with E-state index in [1.54, 1.807) is 26.1 Å². The molecule has 6 heteroatoms. The number of hydrogen-bond donors (Lipinski definition) is 1. The van der Waals surface area contributed by atoms with Gasteiger partial charge in [-0.1, -0.05) is 49.4 Å². The van der Waals surface area contributed by atoms with Crippen LogP contribution in [0, 0.1) is 5.82 Å². The van der Waals surface area contributed by atoms with E-state index in [4.69, 9.17) is 4.74 Å². The highest BCUT2D eigenvalue weighted by Crippen LogP contribution is 2.34. The van der Waals surface area contributed by atoms with Crippen molar-refractivity contribution in [3.05, 3.63) is 70.5 Å². The predicted octanol–water partition coefficient (Wildman–Crippen LogP) is 5.25. The molecule has 1 aromatic heterocycles. The van der Waals surface area contributed by atoms with Crippen LogP contribution in [0.3, 0.4) is 0 Å². The number of hydrogen-bond acceptors (Lipinski definition) is 5. The summed E-state index contributed by atoms with van der Waals surface area (Å²) in [6.07, 6.45) is 0.164. The molecule has 4 nitrogen and oxygen atoms in total. The van der Waals surface area contributed by atoms with Crippen molar-refractivity contribution in [1.29, 1.82) is 0 Å². The van der Waals surface area contributed by atoms with E-state index in [0.717, 1.165) is 26.8 Å². The van der Waals surface area contributed by atoms with Crippen molar-refractivity contribution >= 4 is 22.4 Å². The van der Waals surface area contributed by atoms with E-state index in [-0.39, 0.29) is 24.1 Å². The molecule has 0 bridgehead atoms. The Balaban J connectivity index is 1.91. The quantitative estimate of drug-likeness (QED) is 0.553. The van der Waals surface area contributed by atoms with Crippen LogP contribution in [0.15, 0.2) is 48.5 Å². The number of anilines is 1. The topological polar surface area (TPSA) is 51.2 Å². The van der Waals surface area contributed by atoms with Crippen LogP contribution in [0.5, 0.6) is 0 Å². The van der Waals surface area contributed by atoms with Gasteiger partial charge in [0, 0.05) is 23.4 Å². The zero-order chi connectivity index (χ0) is 20.1. The third kappa shape index (κ3) is 4.39. The monoisotopic (exact) mass is 398 g/mol. The summed E-state index contributed by atoms with van der Waals surface area (Å²) in [4.78, 5) is 17.4. The van der Waals surface area contributed by atoms with Crippen LogP contribution in [-0.4, -0.2) is 24.6 Å². The maximum atomic E-state index is 14.8. The summed E-state index contributed by atoms with van der Waals surface area (Å²) in [5, 5.41) is 3.75. The molecule has 0 amide bonds. The van der Waals surface area contributed by atoms with E-state index in [0.29, 0.717) is 12.2 Å². The Hall–Kier alpha value is -2.73. The van der Waals surface area contributed by atoms with Gasteiger partial charge in [-0.2, -0.15) is 0 Å².